The van der Waals surface area contributed by atoms with Gasteiger partial charge in [0.25, 0.3) is 0 Å². The Bertz CT molecular complexity index is 490. The van der Waals surface area contributed by atoms with Crippen LogP contribution in [0.2, 0.25) is 0 Å². The van der Waals surface area contributed by atoms with Crippen molar-refractivity contribution in [3.63, 3.8) is 0 Å². The summed E-state index contributed by atoms with van der Waals surface area (Å²) in [5.41, 5.74) is 0. The first kappa shape index (κ1) is 37.0. The summed E-state index contributed by atoms with van der Waals surface area (Å²) in [5, 5.41) is 9.52. The Kier molecular flexibility index (Phi) is 36.6. The van der Waals surface area contributed by atoms with Gasteiger partial charge >= 0.3 is 0 Å². The number of carbonyl (C=O) groups excluding carboxylic acids is 4. The third-order valence-corrected chi connectivity index (χ3v) is 5.06. The largest absolute Gasteiger partial charge is 0.378 e. The van der Waals surface area contributed by atoms with Crippen molar-refractivity contribution in [1.82, 2.24) is 21.3 Å². The molecule has 0 bridgehead atoms. The van der Waals surface area contributed by atoms with Gasteiger partial charge in [-0.3, -0.25) is 19.2 Å². The zero-order valence-corrected chi connectivity index (χ0v) is 22.9. The molecule has 34 heavy (non-hydrogen) atoms. The van der Waals surface area contributed by atoms with Crippen LogP contribution in [0.4, 0.5) is 0 Å². The Balaban J connectivity index is -0.000000806. The predicted molar refractivity (Wildman–Crippen MR) is 139 cm³/mol. The summed E-state index contributed by atoms with van der Waals surface area (Å²) in [5.74, 6) is 2.65. The lowest BCUT2D eigenvalue weighted by Gasteiger charge is -2.07. The molecule has 0 atom stereocenters. The average Bonchev–Trinajstić information content (AvgIpc) is 2.87. The molecule has 0 unspecified atom stereocenters. The molecule has 0 heterocycles. The van der Waals surface area contributed by atoms with Crippen LogP contribution in [0.5, 0.6) is 0 Å². The molecular weight excluding hydrogens is 484 g/mol. The van der Waals surface area contributed by atoms with E-state index in [4.69, 9.17) is 14.2 Å². The van der Waals surface area contributed by atoms with Gasteiger partial charge in [0.1, 0.15) is 0 Å². The van der Waals surface area contributed by atoms with Crippen LogP contribution in [0.25, 0.3) is 0 Å². The first-order chi connectivity index (χ1) is 16.5. The van der Waals surface area contributed by atoms with Gasteiger partial charge in [-0.2, -0.15) is 11.8 Å². The Morgan fingerprint density at radius 3 is 1.68 bits per heavy atom. The fourth-order valence-corrected chi connectivity index (χ4v) is 2.82. The van der Waals surface area contributed by atoms with E-state index in [1.807, 2.05) is 25.6 Å². The molecular formula is C21H44N4O7S2. The number of likely N-dealkylation sites (N-methyl/N-ethyl adjacent to an activating group) is 2. The molecule has 0 rings (SSSR count). The van der Waals surface area contributed by atoms with Crippen molar-refractivity contribution in [1.29, 1.82) is 0 Å². The van der Waals surface area contributed by atoms with Gasteiger partial charge in [-0.1, -0.05) is 20.8 Å². The highest BCUT2D eigenvalue weighted by molar-refractivity contribution is 8.00. The van der Waals surface area contributed by atoms with Crippen LogP contribution >= 0.6 is 23.5 Å². The third kappa shape index (κ3) is 35.1. The Morgan fingerprint density at radius 2 is 1.21 bits per heavy atom. The second-order valence-corrected chi connectivity index (χ2v) is 8.21. The smallest absolute Gasteiger partial charge is 0.239 e. The van der Waals surface area contributed by atoms with E-state index in [9.17, 15) is 19.2 Å². The molecule has 4 amide bonds. The van der Waals surface area contributed by atoms with Crippen LogP contribution in [0.15, 0.2) is 0 Å². The topological polar surface area (TPSA) is 144 Å². The molecule has 0 saturated heterocycles. The number of hydrogen-bond donors (Lipinski definition) is 4. The molecule has 0 radical (unpaired) electrons. The Morgan fingerprint density at radius 1 is 0.735 bits per heavy atom. The summed E-state index contributed by atoms with van der Waals surface area (Å²) in [6.07, 6.45) is 0.481. The van der Waals surface area contributed by atoms with E-state index in [1.54, 1.807) is 0 Å². The van der Waals surface area contributed by atoms with Crippen molar-refractivity contribution < 1.29 is 33.4 Å². The molecule has 0 aliphatic carbocycles. The summed E-state index contributed by atoms with van der Waals surface area (Å²) < 4.78 is 16.2. The minimum Gasteiger partial charge on any atom is -0.378 e. The lowest BCUT2D eigenvalue weighted by Crippen LogP contribution is -2.36. The van der Waals surface area contributed by atoms with Gasteiger partial charge < -0.3 is 35.5 Å². The molecule has 0 aliphatic heterocycles. The maximum Gasteiger partial charge on any atom is 0.239 e. The van der Waals surface area contributed by atoms with Crippen LogP contribution in [0, 0.1) is 0 Å². The third-order valence-electron chi connectivity index (χ3n) is 3.28. The number of ether oxygens (including phenoxy) is 3. The zero-order valence-electron chi connectivity index (χ0n) is 21.2. The highest BCUT2D eigenvalue weighted by Gasteiger charge is 2.03. The molecule has 4 N–H and O–H groups in total. The predicted octanol–water partition coefficient (Wildman–Crippen LogP) is -0.111. The van der Waals surface area contributed by atoms with Gasteiger partial charge in [-0.05, 0) is 5.75 Å². The summed E-state index contributed by atoms with van der Waals surface area (Å²) in [6, 6.07) is 0. The first-order valence-electron chi connectivity index (χ1n) is 11.2. The van der Waals surface area contributed by atoms with Gasteiger partial charge in [0.2, 0.25) is 24.1 Å². The second-order valence-electron chi connectivity index (χ2n) is 5.71. The Hall–Kier alpha value is -1.54. The molecule has 11 nitrogen and oxygen atoms in total. The summed E-state index contributed by atoms with van der Waals surface area (Å²) >= 11 is 3.34. The molecule has 0 spiro atoms. The van der Waals surface area contributed by atoms with Crippen molar-refractivity contribution >= 4 is 47.7 Å². The van der Waals surface area contributed by atoms with Crippen LogP contribution in [0.3, 0.4) is 0 Å². The van der Waals surface area contributed by atoms with E-state index in [-0.39, 0.29) is 30.8 Å². The van der Waals surface area contributed by atoms with Crippen molar-refractivity contribution in [2.45, 2.75) is 20.8 Å². The zero-order chi connectivity index (χ0) is 26.3. The molecule has 0 aromatic heterocycles. The Labute approximate surface area is 212 Å². The van der Waals surface area contributed by atoms with E-state index in [1.165, 1.54) is 25.9 Å². The average molecular weight is 529 g/mol. The van der Waals surface area contributed by atoms with E-state index in [0.29, 0.717) is 45.2 Å². The highest BCUT2D eigenvalue weighted by Crippen LogP contribution is 1.99. The van der Waals surface area contributed by atoms with E-state index >= 15 is 0 Å². The van der Waals surface area contributed by atoms with Crippen LogP contribution in [0.1, 0.15) is 20.8 Å². The van der Waals surface area contributed by atoms with Gasteiger partial charge in [-0.25, -0.2) is 0 Å². The summed E-state index contributed by atoms with van der Waals surface area (Å²) in [4.78, 5) is 42.1. The van der Waals surface area contributed by atoms with Crippen molar-refractivity contribution in [3.05, 3.63) is 0 Å². The lowest BCUT2D eigenvalue weighted by atomic mass is 10.5. The standard InChI is InChI=1S/C15H30N2O5S2.C4H8N2O2.C2H6/c1-3-23-10-8-21-6-4-20-5-7-22-9-11-24-13-15(19)17-12-14(18)16-2;1-5-4(8)2-6-3-7;1-2/h3-13H2,1-2H3,(H,16,18)(H,17,19);3H,2H2,1H3,(H,5,8)(H,6,7);1-2H3. The van der Waals surface area contributed by atoms with Crippen LogP contribution in [-0.4, -0.2) is 114 Å². The normalized spacial score (nSPS) is 9.44. The highest BCUT2D eigenvalue weighted by atomic mass is 32.2. The molecule has 0 saturated carbocycles. The van der Waals surface area contributed by atoms with E-state index < -0.39 is 0 Å². The van der Waals surface area contributed by atoms with Gasteiger partial charge in [0.05, 0.1) is 58.5 Å². The number of thioether (sulfide) groups is 2. The minimum absolute atomic E-state index is 0.0187. The van der Waals surface area contributed by atoms with Gasteiger partial charge in [-0.15, -0.1) is 11.8 Å². The van der Waals surface area contributed by atoms with Crippen LogP contribution < -0.4 is 21.3 Å². The number of nitrogens with one attached hydrogen (secondary N) is 4. The monoisotopic (exact) mass is 528 g/mol. The van der Waals surface area contributed by atoms with Crippen molar-refractivity contribution in [2.75, 3.05) is 89.8 Å². The maximum absolute atomic E-state index is 11.4. The molecule has 13 heteroatoms. The quantitative estimate of drug-likeness (QED) is 0.126. The maximum atomic E-state index is 11.4. The fourth-order valence-electron chi connectivity index (χ4n) is 1.63. The van der Waals surface area contributed by atoms with Crippen molar-refractivity contribution in [2.24, 2.45) is 0 Å². The molecule has 0 aromatic carbocycles. The van der Waals surface area contributed by atoms with E-state index in [2.05, 4.69) is 28.2 Å². The van der Waals surface area contributed by atoms with Crippen molar-refractivity contribution in [3.8, 4) is 0 Å². The number of carbonyl (C=O) groups is 4. The second kappa shape index (κ2) is 33.6. The minimum atomic E-state index is -0.207. The molecule has 0 aromatic rings. The molecule has 0 fully saturated rings. The number of rotatable bonds is 20. The summed E-state index contributed by atoms with van der Waals surface area (Å²) in [7, 11) is 3.04. The number of hydrogen-bond acceptors (Lipinski definition) is 9. The fraction of sp³-hybridized carbons (Fsp3) is 0.810. The van der Waals surface area contributed by atoms with E-state index in [0.717, 1.165) is 23.9 Å². The number of amides is 4. The summed E-state index contributed by atoms with van der Waals surface area (Å²) in [6.45, 7) is 9.83. The van der Waals surface area contributed by atoms with Crippen LogP contribution in [-0.2, 0) is 33.4 Å². The molecule has 202 valence electrons. The van der Waals surface area contributed by atoms with Gasteiger partial charge in [0.15, 0.2) is 0 Å². The first-order valence-corrected chi connectivity index (χ1v) is 13.6. The van der Waals surface area contributed by atoms with Gasteiger partial charge in [0, 0.05) is 25.6 Å². The SMILES string of the molecule is CC.CCSCCOCCOCCOCCSCC(=O)NCC(=O)NC.CNC(=O)CNC=O. The molecule has 0 aliphatic rings. The lowest BCUT2D eigenvalue weighted by molar-refractivity contribution is -0.124.